The van der Waals surface area contributed by atoms with Crippen molar-refractivity contribution in [1.82, 2.24) is 0 Å². The quantitative estimate of drug-likeness (QED) is 0.336. The molecule has 0 unspecified atom stereocenters. The average Bonchev–Trinajstić information content (AvgIpc) is 1.97. The second-order valence-corrected chi connectivity index (χ2v) is 2.93. The van der Waals surface area contributed by atoms with Gasteiger partial charge in [0.05, 0.1) is 0 Å². The predicted molar refractivity (Wildman–Crippen MR) is 48.4 cm³/mol. The van der Waals surface area contributed by atoms with E-state index in [0.717, 1.165) is 24.7 Å². The fourth-order valence-electron chi connectivity index (χ4n) is 0.878. The zero-order valence-electron chi connectivity index (χ0n) is 7.34. The Balaban J connectivity index is 3.93. The molecular weight excluding hydrogens is 136 g/mol. The van der Waals surface area contributed by atoms with Crippen molar-refractivity contribution in [3.63, 3.8) is 0 Å². The van der Waals surface area contributed by atoms with Crippen molar-refractivity contribution in [3.8, 4) is 0 Å². The van der Waals surface area contributed by atoms with E-state index in [1.54, 1.807) is 0 Å². The van der Waals surface area contributed by atoms with Crippen molar-refractivity contribution in [2.45, 2.75) is 26.7 Å². The minimum atomic E-state index is 0.458. The molecule has 0 bridgehead atoms. The Morgan fingerprint density at radius 2 is 2.18 bits per heavy atom. The van der Waals surface area contributed by atoms with Gasteiger partial charge in [0, 0.05) is 0 Å². The maximum absolute atomic E-state index is 10.4. The van der Waals surface area contributed by atoms with Crippen LogP contribution in [0, 0.1) is 5.92 Å². The maximum atomic E-state index is 10.4. The van der Waals surface area contributed by atoms with Gasteiger partial charge >= 0.3 is 0 Å². The molecule has 0 fully saturated rings. The van der Waals surface area contributed by atoms with E-state index in [9.17, 15) is 4.79 Å². The Labute approximate surface area is 68.8 Å². The van der Waals surface area contributed by atoms with E-state index < -0.39 is 0 Å². The van der Waals surface area contributed by atoms with Gasteiger partial charge in [0.15, 0.2) is 0 Å². The van der Waals surface area contributed by atoms with Gasteiger partial charge in [0.1, 0.15) is 6.29 Å². The lowest BCUT2D eigenvalue weighted by molar-refractivity contribution is -0.105. The number of hydrogen-bond donors (Lipinski definition) is 0. The molecule has 0 aliphatic rings. The highest BCUT2D eigenvalue weighted by molar-refractivity contribution is 5.73. The van der Waals surface area contributed by atoms with E-state index in [2.05, 4.69) is 20.4 Å². The Hall–Kier alpha value is -0.850. The Morgan fingerprint density at radius 3 is 2.55 bits per heavy atom. The van der Waals surface area contributed by atoms with Crippen LogP contribution in [0.5, 0.6) is 0 Å². The summed E-state index contributed by atoms with van der Waals surface area (Å²) >= 11 is 0. The molecule has 0 aromatic heterocycles. The highest BCUT2D eigenvalue weighted by Crippen LogP contribution is 2.06. The number of hydrogen-bond acceptors (Lipinski definition) is 1. The first kappa shape index (κ1) is 10.2. The molecular formula is C10H16O. The Bertz CT molecular complexity index is 154. The van der Waals surface area contributed by atoms with E-state index in [-0.39, 0.29) is 0 Å². The van der Waals surface area contributed by atoms with Gasteiger partial charge in [-0.1, -0.05) is 26.0 Å². The van der Waals surface area contributed by atoms with Crippen LogP contribution in [0.4, 0.5) is 0 Å². The van der Waals surface area contributed by atoms with Gasteiger partial charge in [0.2, 0.25) is 0 Å². The van der Waals surface area contributed by atoms with Crippen LogP contribution >= 0.6 is 0 Å². The summed E-state index contributed by atoms with van der Waals surface area (Å²) in [7, 11) is 0. The molecule has 0 saturated heterocycles. The van der Waals surface area contributed by atoms with Gasteiger partial charge in [-0.15, -0.1) is 6.58 Å². The van der Waals surface area contributed by atoms with E-state index in [1.165, 1.54) is 0 Å². The molecule has 0 aromatic rings. The van der Waals surface area contributed by atoms with Crippen LogP contribution in [0.2, 0.25) is 0 Å². The van der Waals surface area contributed by atoms with E-state index in [0.29, 0.717) is 5.92 Å². The van der Waals surface area contributed by atoms with E-state index in [1.807, 2.05) is 12.2 Å². The summed E-state index contributed by atoms with van der Waals surface area (Å²) in [5.41, 5.74) is 0.889. The highest BCUT2D eigenvalue weighted by atomic mass is 16.1. The lowest BCUT2D eigenvalue weighted by atomic mass is 10.1. The molecule has 0 amide bonds. The molecule has 0 aliphatic carbocycles. The molecule has 0 spiro atoms. The Kier molecular flexibility index (Phi) is 5.44. The summed E-state index contributed by atoms with van der Waals surface area (Å²) in [6.45, 7) is 7.74. The molecule has 0 atom stereocenters. The molecule has 0 aliphatic heterocycles. The van der Waals surface area contributed by atoms with Crippen molar-refractivity contribution in [2.75, 3.05) is 0 Å². The third-order valence-corrected chi connectivity index (χ3v) is 1.34. The van der Waals surface area contributed by atoms with Crippen molar-refractivity contribution < 1.29 is 4.79 Å². The smallest absolute Gasteiger partial charge is 0.145 e. The van der Waals surface area contributed by atoms with Crippen LogP contribution in [-0.4, -0.2) is 6.29 Å². The van der Waals surface area contributed by atoms with Gasteiger partial charge < -0.3 is 0 Å². The van der Waals surface area contributed by atoms with Crippen molar-refractivity contribution in [1.29, 1.82) is 0 Å². The normalized spacial score (nSPS) is 11.7. The van der Waals surface area contributed by atoms with Crippen LogP contribution < -0.4 is 0 Å². The largest absolute Gasteiger partial charge is 0.298 e. The van der Waals surface area contributed by atoms with Gasteiger partial charge in [-0.3, -0.25) is 4.79 Å². The lowest BCUT2D eigenvalue weighted by Gasteiger charge is -1.98. The molecule has 0 heterocycles. The van der Waals surface area contributed by atoms with Crippen molar-refractivity contribution in [2.24, 2.45) is 5.92 Å². The second kappa shape index (κ2) is 5.90. The number of rotatable bonds is 5. The fourth-order valence-corrected chi connectivity index (χ4v) is 0.878. The minimum Gasteiger partial charge on any atom is -0.298 e. The number of allylic oxidation sites excluding steroid dienone is 3. The zero-order valence-corrected chi connectivity index (χ0v) is 7.34. The average molecular weight is 152 g/mol. The summed E-state index contributed by atoms with van der Waals surface area (Å²) in [6.07, 6.45) is 6.47. The fraction of sp³-hybridized carbons (Fsp3) is 0.500. The highest BCUT2D eigenvalue weighted by Gasteiger charge is 1.94. The molecule has 0 rings (SSSR count). The SMILES string of the molecule is C=CCC/C(C=O)=C\C(C)C. The summed E-state index contributed by atoms with van der Waals surface area (Å²) in [6, 6.07) is 0. The van der Waals surface area contributed by atoms with Crippen molar-refractivity contribution in [3.05, 3.63) is 24.3 Å². The molecule has 0 radical (unpaired) electrons. The van der Waals surface area contributed by atoms with Crippen LogP contribution in [0.1, 0.15) is 26.7 Å². The molecule has 1 nitrogen and oxygen atoms in total. The van der Waals surface area contributed by atoms with Gasteiger partial charge in [-0.2, -0.15) is 0 Å². The van der Waals surface area contributed by atoms with Crippen LogP contribution in [-0.2, 0) is 4.79 Å². The van der Waals surface area contributed by atoms with E-state index in [4.69, 9.17) is 0 Å². The first-order valence-electron chi connectivity index (χ1n) is 3.97. The summed E-state index contributed by atoms with van der Waals surface area (Å²) in [5, 5.41) is 0. The van der Waals surface area contributed by atoms with Gasteiger partial charge in [0.25, 0.3) is 0 Å². The second-order valence-electron chi connectivity index (χ2n) is 2.93. The Morgan fingerprint density at radius 1 is 1.55 bits per heavy atom. The number of carbonyl (C=O) groups excluding carboxylic acids is 1. The first-order valence-corrected chi connectivity index (χ1v) is 3.97. The summed E-state index contributed by atoms with van der Waals surface area (Å²) in [4.78, 5) is 10.4. The molecule has 0 aromatic carbocycles. The summed E-state index contributed by atoms with van der Waals surface area (Å²) in [5.74, 6) is 0.458. The first-order chi connectivity index (χ1) is 5.20. The van der Waals surface area contributed by atoms with Crippen LogP contribution in [0.3, 0.4) is 0 Å². The predicted octanol–water partition coefficient (Wildman–Crippen LogP) is 2.73. The monoisotopic (exact) mass is 152 g/mol. The zero-order chi connectivity index (χ0) is 8.69. The van der Waals surface area contributed by atoms with Crippen molar-refractivity contribution >= 4 is 6.29 Å². The van der Waals surface area contributed by atoms with Crippen LogP contribution in [0.15, 0.2) is 24.3 Å². The number of carbonyl (C=O) groups is 1. The molecule has 0 saturated carbocycles. The third kappa shape index (κ3) is 5.59. The minimum absolute atomic E-state index is 0.458. The summed E-state index contributed by atoms with van der Waals surface area (Å²) < 4.78 is 0. The molecule has 62 valence electrons. The molecule has 11 heavy (non-hydrogen) atoms. The van der Waals surface area contributed by atoms with Crippen LogP contribution in [0.25, 0.3) is 0 Å². The topological polar surface area (TPSA) is 17.1 Å². The molecule has 1 heteroatoms. The third-order valence-electron chi connectivity index (χ3n) is 1.34. The standard InChI is InChI=1S/C10H16O/c1-4-5-6-10(8-11)7-9(2)3/h4,7-9H,1,5-6H2,2-3H3/b10-7+. The number of aldehydes is 1. The molecule has 0 N–H and O–H groups in total. The van der Waals surface area contributed by atoms with E-state index >= 15 is 0 Å². The van der Waals surface area contributed by atoms with Gasteiger partial charge in [-0.25, -0.2) is 0 Å². The van der Waals surface area contributed by atoms with Gasteiger partial charge in [-0.05, 0) is 24.3 Å². The maximum Gasteiger partial charge on any atom is 0.145 e. The lowest BCUT2D eigenvalue weighted by Crippen LogP contribution is -1.88.